The highest BCUT2D eigenvalue weighted by atomic mass is 32.2. The van der Waals surface area contributed by atoms with Gasteiger partial charge in [0.2, 0.25) is 0 Å². The molecule has 1 N–H and O–H groups in total. The summed E-state index contributed by atoms with van der Waals surface area (Å²) in [6.07, 6.45) is 11.0. The summed E-state index contributed by atoms with van der Waals surface area (Å²) in [4.78, 5) is 0. The van der Waals surface area contributed by atoms with Gasteiger partial charge in [-0.2, -0.15) is 11.8 Å². The van der Waals surface area contributed by atoms with Crippen LogP contribution in [-0.2, 0) is 9.47 Å². The summed E-state index contributed by atoms with van der Waals surface area (Å²) in [6.45, 7) is 3.75. The summed E-state index contributed by atoms with van der Waals surface area (Å²) in [5.41, 5.74) is 0.0499. The van der Waals surface area contributed by atoms with Gasteiger partial charge in [-0.3, -0.25) is 0 Å². The molecule has 0 aromatic heterocycles. The van der Waals surface area contributed by atoms with Crippen LogP contribution in [0.25, 0.3) is 0 Å². The fourth-order valence-electron chi connectivity index (χ4n) is 3.10. The first-order chi connectivity index (χ1) is 9.35. The highest BCUT2D eigenvalue weighted by Gasteiger charge is 2.40. The van der Waals surface area contributed by atoms with Gasteiger partial charge in [0, 0.05) is 25.7 Å². The Balaban J connectivity index is 1.53. The average molecular weight is 287 g/mol. The van der Waals surface area contributed by atoms with Crippen molar-refractivity contribution < 1.29 is 9.47 Å². The number of hydrogen-bond acceptors (Lipinski definition) is 4. The fraction of sp³-hybridized carbons (Fsp3) is 1.00. The Morgan fingerprint density at radius 1 is 1.21 bits per heavy atom. The van der Waals surface area contributed by atoms with Gasteiger partial charge in [-0.15, -0.1) is 0 Å². The van der Waals surface area contributed by atoms with Gasteiger partial charge in [0.05, 0.1) is 12.2 Å². The van der Waals surface area contributed by atoms with Crippen LogP contribution < -0.4 is 5.32 Å². The van der Waals surface area contributed by atoms with E-state index < -0.39 is 0 Å². The first-order valence-electron chi connectivity index (χ1n) is 7.79. The largest absolute Gasteiger partial charge is 0.378 e. The number of nitrogens with one attached hydrogen (secondary N) is 1. The van der Waals surface area contributed by atoms with Crippen molar-refractivity contribution in [3.05, 3.63) is 0 Å². The van der Waals surface area contributed by atoms with Gasteiger partial charge in [0.15, 0.2) is 0 Å². The summed E-state index contributed by atoms with van der Waals surface area (Å²) in [7, 11) is 0. The van der Waals surface area contributed by atoms with Crippen LogP contribution in [-0.4, -0.2) is 50.0 Å². The first kappa shape index (κ1) is 15.6. The zero-order valence-corrected chi connectivity index (χ0v) is 13.1. The predicted molar refractivity (Wildman–Crippen MR) is 82.0 cm³/mol. The van der Waals surface area contributed by atoms with Crippen LogP contribution >= 0.6 is 11.8 Å². The second-order valence-corrected chi connectivity index (χ2v) is 6.87. The second kappa shape index (κ2) is 8.50. The summed E-state index contributed by atoms with van der Waals surface area (Å²) in [5, 5.41) is 3.72. The van der Waals surface area contributed by atoms with Crippen molar-refractivity contribution in [2.75, 3.05) is 38.4 Å². The molecule has 2 unspecified atom stereocenters. The van der Waals surface area contributed by atoms with Crippen LogP contribution in [0.3, 0.4) is 0 Å². The number of hydrogen-bond donors (Lipinski definition) is 1. The van der Waals surface area contributed by atoms with E-state index in [1.54, 1.807) is 0 Å². The molecule has 2 rings (SSSR count). The summed E-state index contributed by atoms with van der Waals surface area (Å²) in [6, 6.07) is 0.640. The summed E-state index contributed by atoms with van der Waals surface area (Å²) in [5.74, 6) is 1.32. The van der Waals surface area contributed by atoms with E-state index in [0.717, 1.165) is 39.1 Å². The summed E-state index contributed by atoms with van der Waals surface area (Å²) < 4.78 is 11.5. The van der Waals surface area contributed by atoms with E-state index in [-0.39, 0.29) is 5.60 Å². The molecule has 0 bridgehead atoms. The van der Waals surface area contributed by atoms with Gasteiger partial charge < -0.3 is 14.8 Å². The van der Waals surface area contributed by atoms with Crippen LogP contribution in [0.15, 0.2) is 0 Å². The molecule has 2 saturated heterocycles. The molecule has 0 aromatic rings. The van der Waals surface area contributed by atoms with Crippen molar-refractivity contribution in [1.29, 1.82) is 0 Å². The third-order valence-electron chi connectivity index (χ3n) is 4.27. The zero-order chi connectivity index (χ0) is 13.4. The third-order valence-corrected chi connectivity index (χ3v) is 4.97. The van der Waals surface area contributed by atoms with Crippen molar-refractivity contribution in [1.82, 2.24) is 5.32 Å². The van der Waals surface area contributed by atoms with E-state index in [9.17, 15) is 0 Å². The van der Waals surface area contributed by atoms with Gasteiger partial charge in [-0.05, 0) is 44.2 Å². The molecule has 2 aliphatic heterocycles. The molecule has 0 saturated carbocycles. The number of rotatable bonds is 8. The van der Waals surface area contributed by atoms with E-state index >= 15 is 0 Å². The molecule has 0 aliphatic carbocycles. The smallest absolute Gasteiger partial charge is 0.0951 e. The van der Waals surface area contributed by atoms with Crippen LogP contribution in [0, 0.1) is 0 Å². The first-order valence-corrected chi connectivity index (χ1v) is 9.18. The van der Waals surface area contributed by atoms with Crippen molar-refractivity contribution >= 4 is 11.8 Å². The SMILES string of the molecule is CSCCCCCCNC1CCOC2(CCOC2)C1. The molecule has 2 fully saturated rings. The molecule has 2 atom stereocenters. The minimum atomic E-state index is 0.0499. The molecule has 4 heteroatoms. The standard InChI is InChI=1S/C15H29NO2S/c1-19-11-5-3-2-4-8-16-14-6-9-18-15(12-14)7-10-17-13-15/h14,16H,2-13H2,1H3. The lowest BCUT2D eigenvalue weighted by Crippen LogP contribution is -2.47. The van der Waals surface area contributed by atoms with E-state index in [4.69, 9.17) is 9.47 Å². The van der Waals surface area contributed by atoms with Gasteiger partial charge in [0.1, 0.15) is 0 Å². The minimum Gasteiger partial charge on any atom is -0.378 e. The molecule has 1 spiro atoms. The Kier molecular flexibility index (Phi) is 6.99. The molecule has 2 heterocycles. The number of thioether (sulfide) groups is 1. The van der Waals surface area contributed by atoms with Crippen LogP contribution in [0.2, 0.25) is 0 Å². The van der Waals surface area contributed by atoms with Crippen molar-refractivity contribution in [3.8, 4) is 0 Å². The zero-order valence-electron chi connectivity index (χ0n) is 12.3. The van der Waals surface area contributed by atoms with E-state index in [0.29, 0.717) is 6.04 Å². The number of ether oxygens (including phenoxy) is 2. The number of unbranched alkanes of at least 4 members (excludes halogenated alkanes) is 3. The maximum Gasteiger partial charge on any atom is 0.0951 e. The van der Waals surface area contributed by atoms with Crippen molar-refractivity contribution in [2.24, 2.45) is 0 Å². The highest BCUT2D eigenvalue weighted by Crippen LogP contribution is 2.32. The van der Waals surface area contributed by atoms with Gasteiger partial charge in [0.25, 0.3) is 0 Å². The van der Waals surface area contributed by atoms with E-state index in [1.165, 1.54) is 38.0 Å². The summed E-state index contributed by atoms with van der Waals surface area (Å²) >= 11 is 1.96. The van der Waals surface area contributed by atoms with Gasteiger partial charge >= 0.3 is 0 Å². The predicted octanol–water partition coefficient (Wildman–Crippen LogP) is 2.84. The fourth-order valence-corrected chi connectivity index (χ4v) is 3.59. The second-order valence-electron chi connectivity index (χ2n) is 5.88. The van der Waals surface area contributed by atoms with Crippen LogP contribution in [0.1, 0.15) is 44.9 Å². The van der Waals surface area contributed by atoms with Gasteiger partial charge in [-0.25, -0.2) is 0 Å². The third kappa shape index (κ3) is 5.25. The lowest BCUT2D eigenvalue weighted by atomic mass is 9.89. The maximum absolute atomic E-state index is 5.96. The highest BCUT2D eigenvalue weighted by molar-refractivity contribution is 7.98. The minimum absolute atomic E-state index is 0.0499. The van der Waals surface area contributed by atoms with E-state index in [2.05, 4.69) is 11.6 Å². The Morgan fingerprint density at radius 3 is 2.89 bits per heavy atom. The monoisotopic (exact) mass is 287 g/mol. The molecule has 0 aromatic carbocycles. The normalized spacial score (nSPS) is 31.1. The Bertz CT molecular complexity index is 244. The molecule has 112 valence electrons. The molecular formula is C15H29NO2S. The van der Waals surface area contributed by atoms with Crippen molar-refractivity contribution in [2.45, 2.75) is 56.6 Å². The quantitative estimate of drug-likeness (QED) is 0.695. The molecule has 3 nitrogen and oxygen atoms in total. The Hall–Kier alpha value is 0.230. The molecule has 0 amide bonds. The van der Waals surface area contributed by atoms with Crippen LogP contribution in [0.5, 0.6) is 0 Å². The lowest BCUT2D eigenvalue weighted by Gasteiger charge is -2.37. The Morgan fingerprint density at radius 2 is 2.11 bits per heavy atom. The Labute approximate surface area is 122 Å². The maximum atomic E-state index is 5.96. The van der Waals surface area contributed by atoms with Crippen molar-refractivity contribution in [3.63, 3.8) is 0 Å². The van der Waals surface area contributed by atoms with Gasteiger partial charge in [-0.1, -0.05) is 12.8 Å². The molecule has 2 aliphatic rings. The molecule has 0 radical (unpaired) electrons. The van der Waals surface area contributed by atoms with Crippen LogP contribution in [0.4, 0.5) is 0 Å². The average Bonchev–Trinajstić information content (AvgIpc) is 2.86. The topological polar surface area (TPSA) is 30.5 Å². The lowest BCUT2D eigenvalue weighted by molar-refractivity contribution is -0.0892. The molecular weight excluding hydrogens is 258 g/mol. The van der Waals surface area contributed by atoms with E-state index in [1.807, 2.05) is 11.8 Å². The molecule has 19 heavy (non-hydrogen) atoms.